The zero-order valence-corrected chi connectivity index (χ0v) is 29.2. The van der Waals surface area contributed by atoms with E-state index in [9.17, 15) is 37.9 Å². The number of hydrazine groups is 1. The second-order valence-corrected chi connectivity index (χ2v) is 14.5. The Labute approximate surface area is 305 Å². The predicted octanol–water partition coefficient (Wildman–Crippen LogP) is 6.10. The molecule has 260 valence electrons. The summed E-state index contributed by atoms with van der Waals surface area (Å²) in [4.78, 5) is 59.8. The number of hydrogen-bond donors (Lipinski definition) is 3. The van der Waals surface area contributed by atoms with Gasteiger partial charge in [-0.25, -0.2) is 4.98 Å². The van der Waals surface area contributed by atoms with Crippen LogP contribution in [0.5, 0.6) is 11.5 Å². The SMILES string of the molecule is COc1cc([C@H]2C3=CC[C@@H]4C(=O)N(O)C(=O)[C@@H]4[C@@H]3C[C@H]3C(=O)N(Nc4ncc(C(F)(F)F)cc4Cl)C(=O)[C@@]23c2ccc(Cl)cc2)cc(I)c1O. The summed E-state index contributed by atoms with van der Waals surface area (Å²) in [5.41, 5.74) is 0.956. The molecule has 2 aliphatic carbocycles. The number of methoxy groups -OCH3 is 1. The number of aromatic hydroxyl groups is 1. The van der Waals surface area contributed by atoms with Crippen LogP contribution in [0.1, 0.15) is 35.4 Å². The summed E-state index contributed by atoms with van der Waals surface area (Å²) >= 11 is 14.4. The number of benzene rings is 2. The number of hydroxylamine groups is 2. The molecule has 0 radical (unpaired) electrons. The lowest BCUT2D eigenvalue weighted by Gasteiger charge is -2.50. The molecule has 4 amide bonds. The van der Waals surface area contributed by atoms with Crippen molar-refractivity contribution in [3.63, 3.8) is 0 Å². The van der Waals surface area contributed by atoms with Crippen LogP contribution in [-0.2, 0) is 30.8 Å². The molecule has 11 nitrogen and oxygen atoms in total. The summed E-state index contributed by atoms with van der Waals surface area (Å²) in [5.74, 6) is -8.76. The molecule has 50 heavy (non-hydrogen) atoms. The van der Waals surface area contributed by atoms with Crippen LogP contribution < -0.4 is 10.2 Å². The molecule has 17 heteroatoms. The molecule has 3 heterocycles. The Morgan fingerprint density at radius 3 is 2.38 bits per heavy atom. The first kappa shape index (κ1) is 34.5. The number of alkyl halides is 3. The Hall–Kier alpha value is -3.93. The maximum Gasteiger partial charge on any atom is 0.417 e. The quantitative estimate of drug-likeness (QED) is 0.120. The number of imide groups is 2. The predicted molar refractivity (Wildman–Crippen MR) is 178 cm³/mol. The van der Waals surface area contributed by atoms with Crippen molar-refractivity contribution < 1.29 is 47.4 Å². The lowest BCUT2D eigenvalue weighted by atomic mass is 9.49. The van der Waals surface area contributed by atoms with E-state index in [1.807, 2.05) is 22.6 Å². The third-order valence-electron chi connectivity index (χ3n) is 10.1. The number of hydrogen-bond acceptors (Lipinski definition) is 9. The Balaban J connectivity index is 1.47. The summed E-state index contributed by atoms with van der Waals surface area (Å²) in [6.07, 6.45) is -2.57. The van der Waals surface area contributed by atoms with Crippen molar-refractivity contribution >= 4 is 75.2 Å². The van der Waals surface area contributed by atoms with Gasteiger partial charge in [-0.15, -0.1) is 0 Å². The van der Waals surface area contributed by atoms with E-state index in [0.717, 1.165) is 0 Å². The highest BCUT2D eigenvalue weighted by Crippen LogP contribution is 2.64. The number of carbonyl (C=O) groups is 4. The lowest BCUT2D eigenvalue weighted by Crippen LogP contribution is -2.53. The zero-order chi connectivity index (χ0) is 36.0. The topological polar surface area (TPSA) is 149 Å². The summed E-state index contributed by atoms with van der Waals surface area (Å²) in [7, 11) is 1.34. The minimum absolute atomic E-state index is 0.0531. The van der Waals surface area contributed by atoms with Crippen molar-refractivity contribution in [2.75, 3.05) is 12.5 Å². The summed E-state index contributed by atoms with van der Waals surface area (Å²) in [5, 5.41) is 21.7. The Kier molecular flexibility index (Phi) is 8.35. The van der Waals surface area contributed by atoms with Crippen molar-refractivity contribution in [2.24, 2.45) is 23.7 Å². The van der Waals surface area contributed by atoms with E-state index in [1.54, 1.807) is 36.4 Å². The van der Waals surface area contributed by atoms with Crippen LogP contribution in [0.25, 0.3) is 0 Å². The van der Waals surface area contributed by atoms with E-state index >= 15 is 4.79 Å². The second kappa shape index (κ2) is 12.1. The van der Waals surface area contributed by atoms with Crippen molar-refractivity contribution in [2.45, 2.75) is 30.4 Å². The molecule has 3 aromatic rings. The summed E-state index contributed by atoms with van der Waals surface area (Å²) in [6.45, 7) is 0. The number of phenolic OH excluding ortho intramolecular Hbond substituents is 1. The molecule has 1 saturated carbocycles. The van der Waals surface area contributed by atoms with Gasteiger partial charge in [-0.3, -0.25) is 29.8 Å². The van der Waals surface area contributed by atoms with Gasteiger partial charge >= 0.3 is 6.18 Å². The molecule has 3 N–H and O–H groups in total. The smallest absolute Gasteiger partial charge is 0.417 e. The first-order chi connectivity index (χ1) is 23.6. The minimum Gasteiger partial charge on any atom is -0.504 e. The number of fused-ring (bicyclic) bond motifs is 4. The highest BCUT2D eigenvalue weighted by Gasteiger charge is 2.70. The number of allylic oxidation sites excluding steroid dienone is 2. The van der Waals surface area contributed by atoms with Crippen LogP contribution in [0.4, 0.5) is 19.0 Å². The summed E-state index contributed by atoms with van der Waals surface area (Å²) in [6, 6.07) is 10.0. The average Bonchev–Trinajstić information content (AvgIpc) is 3.43. The first-order valence-corrected chi connectivity index (χ1v) is 16.9. The van der Waals surface area contributed by atoms with E-state index in [0.29, 0.717) is 42.6 Å². The molecule has 0 unspecified atom stereocenters. The molecule has 7 rings (SSSR count). The first-order valence-electron chi connectivity index (χ1n) is 15.1. The fourth-order valence-electron chi connectivity index (χ4n) is 8.06. The number of aromatic nitrogens is 1. The van der Waals surface area contributed by atoms with Crippen molar-refractivity contribution in [1.29, 1.82) is 0 Å². The van der Waals surface area contributed by atoms with Gasteiger partial charge in [0.05, 0.1) is 44.4 Å². The van der Waals surface area contributed by atoms with Gasteiger partial charge in [-0.05, 0) is 82.8 Å². The van der Waals surface area contributed by atoms with Gasteiger partial charge in [0.15, 0.2) is 17.3 Å². The van der Waals surface area contributed by atoms with Crippen LogP contribution in [0, 0.1) is 27.2 Å². The standard InChI is InChI=1S/C33H24Cl2F3IN4O7/c1-50-23-9-13(8-22(39)26(23)44)25-17-6-7-18-24(30(47)43(49)28(18)45)19(17)11-20-29(46)42(31(48)32(20,25)14-2-4-16(34)5-3-14)41-27-21(35)10-15(12-40-27)33(36,37)38/h2-6,8-10,12,18-20,24-25,44,49H,7,11H2,1H3,(H,40,41)/t18-,19+,20-,24-,25-,32+/m0/s1. The average molecular weight is 843 g/mol. The molecule has 3 fully saturated rings. The zero-order valence-electron chi connectivity index (χ0n) is 25.5. The third kappa shape index (κ3) is 4.98. The number of carbonyl (C=O) groups excluding carboxylic acids is 4. The number of ether oxygens (including phenoxy) is 1. The molecule has 6 atom stereocenters. The van der Waals surface area contributed by atoms with Crippen LogP contribution in [0.3, 0.4) is 0 Å². The molecule has 2 aliphatic heterocycles. The summed E-state index contributed by atoms with van der Waals surface area (Å²) < 4.78 is 45.9. The van der Waals surface area contributed by atoms with Gasteiger partial charge in [0, 0.05) is 17.1 Å². The van der Waals surface area contributed by atoms with Crippen LogP contribution in [-0.4, -0.2) is 56.1 Å². The second-order valence-electron chi connectivity index (χ2n) is 12.5. The van der Waals surface area contributed by atoms with E-state index in [-0.39, 0.29) is 29.4 Å². The molecular weight excluding hydrogens is 819 g/mol. The molecule has 0 spiro atoms. The van der Waals surface area contributed by atoms with Crippen LogP contribution in [0.2, 0.25) is 10.0 Å². The van der Waals surface area contributed by atoms with Gasteiger partial charge in [0.1, 0.15) is 0 Å². The maximum absolute atomic E-state index is 15.1. The highest BCUT2D eigenvalue weighted by molar-refractivity contribution is 14.1. The van der Waals surface area contributed by atoms with Crippen LogP contribution >= 0.6 is 45.8 Å². The molecule has 0 bridgehead atoms. The molecular formula is C33H24Cl2F3IN4O7. The van der Waals surface area contributed by atoms with Gasteiger partial charge in [-0.2, -0.15) is 23.2 Å². The van der Waals surface area contributed by atoms with Gasteiger partial charge in [-0.1, -0.05) is 47.0 Å². The number of amides is 4. The number of phenols is 1. The number of nitrogens with one attached hydrogen (secondary N) is 1. The molecule has 2 aromatic carbocycles. The van der Waals surface area contributed by atoms with Gasteiger partial charge in [0.25, 0.3) is 23.6 Å². The molecule has 2 saturated heterocycles. The lowest BCUT2D eigenvalue weighted by molar-refractivity contribution is -0.173. The largest absolute Gasteiger partial charge is 0.504 e. The molecule has 1 aromatic heterocycles. The number of anilines is 1. The Morgan fingerprint density at radius 2 is 1.74 bits per heavy atom. The van der Waals surface area contributed by atoms with E-state index in [1.165, 1.54) is 13.2 Å². The fraction of sp³-hybridized carbons (Fsp3) is 0.303. The molecule has 4 aliphatic rings. The fourth-order valence-corrected chi connectivity index (χ4v) is 9.02. The maximum atomic E-state index is 15.1. The van der Waals surface area contributed by atoms with E-state index < -0.39 is 81.2 Å². The Morgan fingerprint density at radius 1 is 1.04 bits per heavy atom. The van der Waals surface area contributed by atoms with E-state index in [2.05, 4.69) is 10.4 Å². The number of nitrogens with zero attached hydrogens (tertiary/aromatic N) is 3. The number of rotatable bonds is 5. The minimum atomic E-state index is -4.76. The van der Waals surface area contributed by atoms with Gasteiger partial charge < -0.3 is 9.84 Å². The monoisotopic (exact) mass is 842 g/mol. The highest BCUT2D eigenvalue weighted by atomic mass is 127. The van der Waals surface area contributed by atoms with E-state index in [4.69, 9.17) is 27.9 Å². The van der Waals surface area contributed by atoms with Crippen molar-refractivity contribution in [3.8, 4) is 11.5 Å². The number of pyridine rings is 1. The normalized spacial score (nSPS) is 27.6. The third-order valence-corrected chi connectivity index (χ3v) is 11.5. The van der Waals surface area contributed by atoms with Crippen LogP contribution in [0.15, 0.2) is 60.3 Å². The van der Waals surface area contributed by atoms with Gasteiger partial charge in [0.2, 0.25) is 0 Å². The number of halogens is 6. The van der Waals surface area contributed by atoms with Crippen molar-refractivity contribution in [1.82, 2.24) is 15.1 Å². The Bertz CT molecular complexity index is 2030. The van der Waals surface area contributed by atoms with Crippen molar-refractivity contribution in [3.05, 3.63) is 90.6 Å².